The molecule has 3 aromatic rings. The molecule has 0 bridgehead atoms. The second kappa shape index (κ2) is 8.32. The molecule has 2 heterocycles. The Morgan fingerprint density at radius 2 is 2.00 bits per heavy atom. The largest absolute Gasteiger partial charge is 0.272 e. The van der Waals surface area contributed by atoms with E-state index >= 15 is 0 Å². The number of benzene rings is 1. The van der Waals surface area contributed by atoms with E-state index in [1.165, 1.54) is 23.1 Å². The van der Waals surface area contributed by atoms with Crippen molar-refractivity contribution in [3.63, 3.8) is 0 Å². The zero-order valence-corrected chi connectivity index (χ0v) is 14.1. The SMILES string of the molecule is O=C(CSc1nnc(-c2ccccn2)s1)NN=Cc1ccccc1. The standard InChI is InChI=1S/C16H13N5OS2/c22-14(19-18-10-12-6-2-1-3-7-12)11-23-16-21-20-15(24-16)13-8-4-5-9-17-13/h1-10H,11H2,(H,19,22). The van der Waals surface area contributed by atoms with Gasteiger partial charge in [0, 0.05) is 6.20 Å². The first-order valence-corrected chi connectivity index (χ1v) is 8.86. The van der Waals surface area contributed by atoms with Crippen LogP contribution >= 0.6 is 23.1 Å². The van der Waals surface area contributed by atoms with Crippen LogP contribution in [0.15, 0.2) is 64.2 Å². The predicted molar refractivity (Wildman–Crippen MR) is 96.0 cm³/mol. The summed E-state index contributed by atoms with van der Waals surface area (Å²) in [6, 6.07) is 15.2. The van der Waals surface area contributed by atoms with E-state index in [0.717, 1.165) is 20.6 Å². The van der Waals surface area contributed by atoms with Gasteiger partial charge in [0.15, 0.2) is 9.35 Å². The molecule has 24 heavy (non-hydrogen) atoms. The molecule has 0 fully saturated rings. The summed E-state index contributed by atoms with van der Waals surface area (Å²) >= 11 is 2.73. The van der Waals surface area contributed by atoms with Crippen LogP contribution in [0, 0.1) is 0 Å². The van der Waals surface area contributed by atoms with Crippen molar-refractivity contribution in [3.8, 4) is 10.7 Å². The molecule has 8 heteroatoms. The molecule has 0 saturated heterocycles. The summed E-state index contributed by atoms with van der Waals surface area (Å²) in [6.45, 7) is 0. The Morgan fingerprint density at radius 3 is 2.79 bits per heavy atom. The average molecular weight is 355 g/mol. The number of nitrogens with one attached hydrogen (secondary N) is 1. The van der Waals surface area contributed by atoms with Crippen molar-refractivity contribution < 1.29 is 4.79 Å². The molecule has 0 unspecified atom stereocenters. The molecule has 0 aliphatic rings. The maximum atomic E-state index is 11.8. The summed E-state index contributed by atoms with van der Waals surface area (Å²) in [5, 5.41) is 12.8. The first-order chi connectivity index (χ1) is 11.8. The number of hydrazone groups is 1. The zero-order chi connectivity index (χ0) is 16.6. The molecule has 1 aromatic carbocycles. The van der Waals surface area contributed by atoms with Crippen LogP contribution in [-0.4, -0.2) is 33.1 Å². The fraction of sp³-hybridized carbons (Fsp3) is 0.0625. The van der Waals surface area contributed by atoms with Gasteiger partial charge in [0.25, 0.3) is 5.91 Å². The molecule has 0 spiro atoms. The molecular weight excluding hydrogens is 342 g/mol. The van der Waals surface area contributed by atoms with E-state index in [1.54, 1.807) is 12.4 Å². The number of hydrogen-bond donors (Lipinski definition) is 1. The number of thioether (sulfide) groups is 1. The van der Waals surface area contributed by atoms with Crippen molar-refractivity contribution in [1.29, 1.82) is 0 Å². The Labute approximate surface area is 147 Å². The van der Waals surface area contributed by atoms with Crippen molar-refractivity contribution in [2.45, 2.75) is 4.34 Å². The number of hydrogen-bond acceptors (Lipinski definition) is 7. The van der Waals surface area contributed by atoms with Crippen LogP contribution in [0.2, 0.25) is 0 Å². The summed E-state index contributed by atoms with van der Waals surface area (Å²) in [6.07, 6.45) is 3.31. The van der Waals surface area contributed by atoms with Crippen molar-refractivity contribution in [2.75, 3.05) is 5.75 Å². The van der Waals surface area contributed by atoms with Crippen molar-refractivity contribution in [3.05, 3.63) is 60.3 Å². The van der Waals surface area contributed by atoms with E-state index in [2.05, 4.69) is 25.7 Å². The van der Waals surface area contributed by atoms with E-state index in [9.17, 15) is 4.79 Å². The summed E-state index contributed by atoms with van der Waals surface area (Å²) in [7, 11) is 0. The van der Waals surface area contributed by atoms with E-state index in [-0.39, 0.29) is 11.7 Å². The van der Waals surface area contributed by atoms with Gasteiger partial charge in [-0.3, -0.25) is 9.78 Å². The lowest BCUT2D eigenvalue weighted by Gasteiger charge is -1.97. The van der Waals surface area contributed by atoms with Gasteiger partial charge in [0.2, 0.25) is 0 Å². The lowest BCUT2D eigenvalue weighted by atomic mass is 10.2. The Hall–Kier alpha value is -2.58. The molecule has 120 valence electrons. The van der Waals surface area contributed by atoms with Gasteiger partial charge in [-0.15, -0.1) is 10.2 Å². The zero-order valence-electron chi connectivity index (χ0n) is 12.5. The van der Waals surface area contributed by atoms with Crippen LogP contribution in [0.3, 0.4) is 0 Å². The Bertz CT molecular complexity index is 821. The monoisotopic (exact) mass is 355 g/mol. The van der Waals surface area contributed by atoms with Gasteiger partial charge in [-0.05, 0) is 17.7 Å². The van der Waals surface area contributed by atoms with Crippen LogP contribution in [0.1, 0.15) is 5.56 Å². The smallest absolute Gasteiger partial charge is 0.250 e. The van der Waals surface area contributed by atoms with Gasteiger partial charge in [-0.2, -0.15) is 5.10 Å². The molecule has 0 atom stereocenters. The number of carbonyl (C=O) groups excluding carboxylic acids is 1. The van der Waals surface area contributed by atoms with Gasteiger partial charge < -0.3 is 0 Å². The van der Waals surface area contributed by atoms with Crippen LogP contribution < -0.4 is 5.43 Å². The van der Waals surface area contributed by atoms with Gasteiger partial charge in [0.05, 0.1) is 12.0 Å². The third-order valence-electron chi connectivity index (χ3n) is 2.82. The highest BCUT2D eigenvalue weighted by Crippen LogP contribution is 2.27. The quantitative estimate of drug-likeness (QED) is 0.418. The third-order valence-corrected chi connectivity index (χ3v) is 4.90. The Kier molecular flexibility index (Phi) is 5.65. The van der Waals surface area contributed by atoms with Gasteiger partial charge >= 0.3 is 0 Å². The molecule has 0 radical (unpaired) electrons. The molecule has 0 saturated carbocycles. The van der Waals surface area contributed by atoms with Crippen molar-refractivity contribution in [2.24, 2.45) is 5.10 Å². The van der Waals surface area contributed by atoms with Crippen LogP contribution in [0.5, 0.6) is 0 Å². The highest BCUT2D eigenvalue weighted by molar-refractivity contribution is 8.01. The fourth-order valence-corrected chi connectivity index (χ4v) is 3.36. The maximum Gasteiger partial charge on any atom is 0.250 e. The van der Waals surface area contributed by atoms with Crippen LogP contribution in [-0.2, 0) is 4.79 Å². The second-order valence-electron chi connectivity index (χ2n) is 4.58. The number of pyridine rings is 1. The number of nitrogens with zero attached hydrogens (tertiary/aromatic N) is 4. The van der Waals surface area contributed by atoms with E-state index in [0.29, 0.717) is 0 Å². The normalized spacial score (nSPS) is 10.8. The van der Waals surface area contributed by atoms with E-state index in [1.807, 2.05) is 48.5 Å². The number of rotatable bonds is 6. The van der Waals surface area contributed by atoms with Crippen molar-refractivity contribution >= 4 is 35.2 Å². The molecule has 6 nitrogen and oxygen atoms in total. The predicted octanol–water partition coefficient (Wildman–Crippen LogP) is 2.84. The first kappa shape index (κ1) is 16.3. The van der Waals surface area contributed by atoms with Gasteiger partial charge in [-0.1, -0.05) is 59.5 Å². The first-order valence-electron chi connectivity index (χ1n) is 7.06. The summed E-state index contributed by atoms with van der Waals surface area (Å²) in [5.74, 6) is 0.0324. The van der Waals surface area contributed by atoms with Crippen LogP contribution in [0.4, 0.5) is 0 Å². The molecule has 1 N–H and O–H groups in total. The molecule has 0 aliphatic heterocycles. The molecule has 0 aliphatic carbocycles. The second-order valence-corrected chi connectivity index (χ2v) is 6.78. The highest BCUT2D eigenvalue weighted by Gasteiger charge is 2.09. The molecule has 2 aromatic heterocycles. The maximum absolute atomic E-state index is 11.8. The van der Waals surface area contributed by atoms with Gasteiger partial charge in [0.1, 0.15) is 5.69 Å². The Morgan fingerprint density at radius 1 is 1.17 bits per heavy atom. The average Bonchev–Trinajstić information content (AvgIpc) is 3.11. The van der Waals surface area contributed by atoms with Crippen LogP contribution in [0.25, 0.3) is 10.7 Å². The topological polar surface area (TPSA) is 80.1 Å². The van der Waals surface area contributed by atoms with E-state index in [4.69, 9.17) is 0 Å². The summed E-state index contributed by atoms with van der Waals surface area (Å²) < 4.78 is 0.720. The third kappa shape index (κ3) is 4.71. The minimum absolute atomic E-state index is 0.193. The minimum atomic E-state index is -0.193. The fourth-order valence-electron chi connectivity index (χ4n) is 1.74. The lowest BCUT2D eigenvalue weighted by Crippen LogP contribution is -2.19. The summed E-state index contributed by atoms with van der Waals surface area (Å²) in [5.41, 5.74) is 4.20. The summed E-state index contributed by atoms with van der Waals surface area (Å²) in [4.78, 5) is 16.0. The highest BCUT2D eigenvalue weighted by atomic mass is 32.2. The minimum Gasteiger partial charge on any atom is -0.272 e. The molecule has 3 rings (SSSR count). The molecular formula is C16H13N5OS2. The number of aromatic nitrogens is 3. The Balaban J connectivity index is 1.48. The number of carbonyl (C=O) groups is 1. The van der Waals surface area contributed by atoms with Crippen molar-refractivity contribution in [1.82, 2.24) is 20.6 Å². The lowest BCUT2D eigenvalue weighted by molar-refractivity contribution is -0.118. The van der Waals surface area contributed by atoms with Gasteiger partial charge in [-0.25, -0.2) is 5.43 Å². The molecule has 1 amide bonds. The van der Waals surface area contributed by atoms with E-state index < -0.39 is 0 Å². The number of amides is 1.